The van der Waals surface area contributed by atoms with Crippen molar-refractivity contribution in [3.8, 4) is 100 Å². The summed E-state index contributed by atoms with van der Waals surface area (Å²) in [6, 6.07) is 154. The lowest BCUT2D eigenvalue weighted by molar-refractivity contribution is 0.672. The van der Waals surface area contributed by atoms with E-state index in [0.717, 1.165) is 172 Å². The van der Waals surface area contributed by atoms with Gasteiger partial charge >= 0.3 is 0 Å². The lowest BCUT2D eigenvalue weighted by atomic mass is 9.95. The van der Waals surface area contributed by atoms with Gasteiger partial charge in [-0.15, -0.1) is 0 Å². The van der Waals surface area contributed by atoms with Crippen molar-refractivity contribution in [2.45, 2.75) is 0 Å². The molecule has 524 valence electrons. The van der Waals surface area contributed by atoms with Gasteiger partial charge in [-0.1, -0.05) is 334 Å². The number of furan rings is 2. The first-order chi connectivity index (χ1) is 55.5. The molecule has 0 saturated carbocycles. The Bertz CT molecular complexity index is 7150. The normalized spacial score (nSPS) is 11.6. The number of fused-ring (bicyclic) bond motifs is 11. The Hall–Kier alpha value is -14.8. The first-order valence-corrected chi connectivity index (χ1v) is 38.3. The number of benzene rings is 19. The van der Waals surface area contributed by atoms with Crippen molar-refractivity contribution in [3.05, 3.63) is 425 Å². The molecule has 0 spiro atoms. The SMILES string of the molecule is c1ccc(-c2ccc(-c3ccccc3N(c3cccc(-c4cccc5oc6c7cc(-c8ccc(-c9ccc(-c%10ccccc%10N(c%10ccc(-c%11cccc(-c%12ccccc%12)c%11)cc%10)c%10cccc(-c%11cccc%12oc%13c%14ccccc%14ccc%13c%11%12)c%10)cc9)cc8)ccc7ccc6c45)c3)c3cccc4ccccc34)cc2)cc1. The van der Waals surface area contributed by atoms with Crippen LogP contribution in [0.5, 0.6) is 0 Å². The molecule has 0 aliphatic carbocycles. The van der Waals surface area contributed by atoms with E-state index in [1.54, 1.807) is 0 Å². The van der Waals surface area contributed by atoms with Crippen molar-refractivity contribution in [3.63, 3.8) is 0 Å². The van der Waals surface area contributed by atoms with Crippen LogP contribution in [0.15, 0.2) is 433 Å². The summed E-state index contributed by atoms with van der Waals surface area (Å²) in [6.45, 7) is 0. The highest BCUT2D eigenvalue weighted by Crippen LogP contribution is 2.49. The van der Waals surface area contributed by atoms with Crippen LogP contribution in [0.4, 0.5) is 34.1 Å². The zero-order valence-corrected chi connectivity index (χ0v) is 61.1. The van der Waals surface area contributed by atoms with Crippen LogP contribution in [-0.4, -0.2) is 0 Å². The number of anilines is 6. The third-order valence-corrected chi connectivity index (χ3v) is 22.5. The lowest BCUT2D eigenvalue weighted by Crippen LogP contribution is -2.12. The quantitative estimate of drug-likeness (QED) is 0.102. The minimum atomic E-state index is 0.850. The van der Waals surface area contributed by atoms with Crippen LogP contribution in [-0.2, 0) is 0 Å². The van der Waals surface area contributed by atoms with Crippen molar-refractivity contribution < 1.29 is 8.83 Å². The Labute approximate surface area is 649 Å². The van der Waals surface area contributed by atoms with Gasteiger partial charge in [0.2, 0.25) is 0 Å². The Morgan fingerprint density at radius 3 is 1.07 bits per heavy atom. The van der Waals surface area contributed by atoms with E-state index >= 15 is 0 Å². The second kappa shape index (κ2) is 27.7. The highest BCUT2D eigenvalue weighted by atomic mass is 16.3. The highest BCUT2D eigenvalue weighted by molar-refractivity contribution is 6.21. The topological polar surface area (TPSA) is 32.8 Å². The van der Waals surface area contributed by atoms with Crippen molar-refractivity contribution in [1.82, 2.24) is 0 Å². The molecule has 112 heavy (non-hydrogen) atoms. The van der Waals surface area contributed by atoms with Gasteiger partial charge in [0.25, 0.3) is 0 Å². The molecule has 2 heterocycles. The second-order valence-electron chi connectivity index (χ2n) is 29.0. The molecule has 21 rings (SSSR count). The summed E-state index contributed by atoms with van der Waals surface area (Å²) in [4.78, 5) is 4.85. The number of hydrogen-bond acceptors (Lipinski definition) is 4. The van der Waals surface area contributed by atoms with Crippen molar-refractivity contribution in [2.75, 3.05) is 9.80 Å². The van der Waals surface area contributed by atoms with Crippen LogP contribution < -0.4 is 9.80 Å². The van der Waals surface area contributed by atoms with Gasteiger partial charge in [0.05, 0.1) is 17.1 Å². The van der Waals surface area contributed by atoms with Crippen LogP contribution in [0.1, 0.15) is 0 Å². The van der Waals surface area contributed by atoms with Gasteiger partial charge < -0.3 is 18.6 Å². The average Bonchev–Trinajstić information content (AvgIpc) is 1.52. The van der Waals surface area contributed by atoms with Gasteiger partial charge in [0.1, 0.15) is 22.3 Å². The Balaban J connectivity index is 0.599. The van der Waals surface area contributed by atoms with Crippen molar-refractivity contribution >= 4 is 110 Å². The van der Waals surface area contributed by atoms with E-state index < -0.39 is 0 Å². The third kappa shape index (κ3) is 11.7. The smallest absolute Gasteiger partial charge is 0.143 e. The van der Waals surface area contributed by atoms with E-state index in [9.17, 15) is 0 Å². The molecular formula is C108H70N2O2. The summed E-state index contributed by atoms with van der Waals surface area (Å²) in [5, 5.41) is 11.2. The zero-order valence-electron chi connectivity index (χ0n) is 61.1. The summed E-state index contributed by atoms with van der Waals surface area (Å²) >= 11 is 0. The minimum Gasteiger partial charge on any atom is -0.455 e. The summed E-state index contributed by atoms with van der Waals surface area (Å²) in [5.74, 6) is 0. The first kappa shape index (κ1) is 65.5. The summed E-state index contributed by atoms with van der Waals surface area (Å²) in [7, 11) is 0. The molecule has 0 amide bonds. The standard InChI is InChI=1S/C108H70N2O2/c1-3-21-71(22-4-1)73-49-53-81(54-50-73)93-36-12-14-41-101(93)110(102-42-18-27-78-25-7-9-34-91(78)102)90-33-17-31-87(69-90)95-39-20-44-104-106(95)98-66-62-82-57-58-85(70-99(82)108(98)112-104)76-47-45-74(46-48-76)75-51-55-80(56-52-75)92-35-11-13-40-100(92)109(88-63-59-77(60-64-88)84-29-15-28-83(67-84)72-23-5-2-6-24-72)89-32-16-30-86(68-89)94-38-19-43-103-105(94)97-65-61-79-26-8-10-37-96(79)107(97)111-103/h1-70H. The summed E-state index contributed by atoms with van der Waals surface area (Å²) < 4.78 is 13.8. The second-order valence-corrected chi connectivity index (χ2v) is 29.0. The molecule has 19 aromatic carbocycles. The molecule has 0 radical (unpaired) electrons. The molecule has 0 aliphatic heterocycles. The molecule has 2 aromatic heterocycles. The number of rotatable bonds is 15. The number of nitrogens with zero attached hydrogens (tertiary/aromatic N) is 2. The van der Waals surface area contributed by atoms with Gasteiger partial charge in [-0.3, -0.25) is 0 Å². The molecule has 0 fully saturated rings. The van der Waals surface area contributed by atoms with E-state index in [0.29, 0.717) is 0 Å². The molecule has 21 aromatic rings. The van der Waals surface area contributed by atoms with Crippen LogP contribution in [0.3, 0.4) is 0 Å². The predicted molar refractivity (Wildman–Crippen MR) is 472 cm³/mol. The van der Waals surface area contributed by atoms with E-state index in [2.05, 4.69) is 434 Å². The lowest BCUT2D eigenvalue weighted by Gasteiger charge is -2.29. The average molecular weight is 1430 g/mol. The minimum absolute atomic E-state index is 0.850. The largest absolute Gasteiger partial charge is 0.455 e. The molecule has 4 nitrogen and oxygen atoms in total. The molecule has 0 bridgehead atoms. The van der Waals surface area contributed by atoms with E-state index in [1.165, 1.54) is 38.6 Å². The maximum absolute atomic E-state index is 7.04. The van der Waals surface area contributed by atoms with Crippen molar-refractivity contribution in [1.29, 1.82) is 0 Å². The Morgan fingerprint density at radius 2 is 0.500 bits per heavy atom. The highest BCUT2D eigenvalue weighted by Gasteiger charge is 2.25. The molecule has 0 unspecified atom stereocenters. The van der Waals surface area contributed by atoms with Crippen LogP contribution >= 0.6 is 0 Å². The molecular weight excluding hydrogens is 1360 g/mol. The maximum atomic E-state index is 7.04. The third-order valence-electron chi connectivity index (χ3n) is 22.5. The number of hydrogen-bond donors (Lipinski definition) is 0. The molecule has 0 N–H and O–H groups in total. The van der Waals surface area contributed by atoms with Gasteiger partial charge in [0.15, 0.2) is 0 Å². The van der Waals surface area contributed by atoms with Gasteiger partial charge in [0, 0.05) is 65.9 Å². The van der Waals surface area contributed by atoms with Gasteiger partial charge in [-0.2, -0.15) is 0 Å². The fourth-order valence-corrected chi connectivity index (χ4v) is 17.0. The van der Waals surface area contributed by atoms with E-state index in [4.69, 9.17) is 8.83 Å². The van der Waals surface area contributed by atoms with Crippen LogP contribution in [0, 0.1) is 0 Å². The van der Waals surface area contributed by atoms with E-state index in [1.807, 2.05) is 0 Å². The maximum Gasteiger partial charge on any atom is 0.143 e. The summed E-state index contributed by atoms with van der Waals surface area (Å²) in [5.41, 5.74) is 30.5. The monoisotopic (exact) mass is 1430 g/mol. The van der Waals surface area contributed by atoms with Gasteiger partial charge in [-0.25, -0.2) is 0 Å². The molecule has 0 aliphatic rings. The predicted octanol–water partition coefficient (Wildman–Crippen LogP) is 30.9. The molecule has 0 atom stereocenters. The zero-order chi connectivity index (χ0) is 74.0. The summed E-state index contributed by atoms with van der Waals surface area (Å²) in [6.07, 6.45) is 0. The Morgan fingerprint density at radius 1 is 0.161 bits per heavy atom. The van der Waals surface area contributed by atoms with E-state index in [-0.39, 0.29) is 0 Å². The van der Waals surface area contributed by atoms with Crippen LogP contribution in [0.25, 0.3) is 176 Å². The van der Waals surface area contributed by atoms with Crippen LogP contribution in [0.2, 0.25) is 0 Å². The first-order valence-electron chi connectivity index (χ1n) is 38.3. The fourth-order valence-electron chi connectivity index (χ4n) is 17.0. The fraction of sp³-hybridized carbons (Fsp3) is 0. The molecule has 4 heteroatoms. The van der Waals surface area contributed by atoms with Crippen molar-refractivity contribution in [2.24, 2.45) is 0 Å². The number of para-hydroxylation sites is 2. The molecule has 0 saturated heterocycles. The van der Waals surface area contributed by atoms with Gasteiger partial charge in [-0.05, 0) is 196 Å². The Kier molecular flexibility index (Phi) is 16.2.